The Hall–Kier alpha value is -1.35. The summed E-state index contributed by atoms with van der Waals surface area (Å²) in [6, 6.07) is 4.02. The van der Waals surface area contributed by atoms with Gasteiger partial charge in [0, 0.05) is 6.54 Å². The molecule has 0 aliphatic carbocycles. The van der Waals surface area contributed by atoms with E-state index in [4.69, 9.17) is 4.74 Å². The van der Waals surface area contributed by atoms with E-state index in [2.05, 4.69) is 12.2 Å². The SMILES string of the molecule is CCCCNC[C@H]1COc2c(C)ccc(C)c2C1=O. The van der Waals surface area contributed by atoms with E-state index in [1.165, 1.54) is 6.42 Å². The highest BCUT2D eigenvalue weighted by Crippen LogP contribution is 2.32. The van der Waals surface area contributed by atoms with Gasteiger partial charge >= 0.3 is 0 Å². The molecule has 3 nitrogen and oxygen atoms in total. The van der Waals surface area contributed by atoms with Crippen LogP contribution in [0.25, 0.3) is 0 Å². The number of carbonyl (C=O) groups excluding carboxylic acids is 1. The monoisotopic (exact) mass is 261 g/mol. The molecule has 1 aliphatic heterocycles. The van der Waals surface area contributed by atoms with Crippen LogP contribution in [-0.4, -0.2) is 25.5 Å². The lowest BCUT2D eigenvalue weighted by molar-refractivity contribution is 0.0828. The molecule has 1 heterocycles. The van der Waals surface area contributed by atoms with E-state index < -0.39 is 0 Å². The average molecular weight is 261 g/mol. The Balaban J connectivity index is 2.09. The first kappa shape index (κ1) is 14.1. The van der Waals surface area contributed by atoms with Crippen molar-refractivity contribution in [2.45, 2.75) is 33.6 Å². The van der Waals surface area contributed by atoms with Crippen LogP contribution in [0.3, 0.4) is 0 Å². The second-order valence-corrected chi connectivity index (χ2v) is 5.33. The smallest absolute Gasteiger partial charge is 0.174 e. The lowest BCUT2D eigenvalue weighted by atomic mass is 9.90. The zero-order chi connectivity index (χ0) is 13.8. The van der Waals surface area contributed by atoms with Gasteiger partial charge in [-0.2, -0.15) is 0 Å². The molecule has 0 unspecified atom stereocenters. The van der Waals surface area contributed by atoms with Crippen molar-refractivity contribution in [2.75, 3.05) is 19.7 Å². The van der Waals surface area contributed by atoms with Gasteiger partial charge in [-0.1, -0.05) is 25.5 Å². The predicted octanol–water partition coefficient (Wildman–Crippen LogP) is 2.88. The lowest BCUT2D eigenvalue weighted by Gasteiger charge is -2.26. The molecule has 3 heteroatoms. The molecule has 2 rings (SSSR count). The number of rotatable bonds is 5. The summed E-state index contributed by atoms with van der Waals surface area (Å²) in [6.07, 6.45) is 2.32. The number of benzene rings is 1. The fourth-order valence-electron chi connectivity index (χ4n) is 2.47. The molecule has 0 aromatic heterocycles. The second kappa shape index (κ2) is 6.20. The van der Waals surface area contributed by atoms with E-state index in [1.54, 1.807) is 0 Å². The minimum absolute atomic E-state index is 0.0511. The first-order chi connectivity index (χ1) is 9.15. The van der Waals surface area contributed by atoms with Crippen molar-refractivity contribution in [3.63, 3.8) is 0 Å². The molecule has 0 saturated carbocycles. The minimum Gasteiger partial charge on any atom is -0.492 e. The molecule has 0 bridgehead atoms. The molecule has 104 valence electrons. The molecule has 0 fully saturated rings. The number of unbranched alkanes of at least 4 members (excludes halogenated alkanes) is 1. The van der Waals surface area contributed by atoms with Gasteiger partial charge in [0.2, 0.25) is 0 Å². The molecule has 0 amide bonds. The Bertz CT molecular complexity index is 468. The van der Waals surface area contributed by atoms with Crippen molar-refractivity contribution in [3.05, 3.63) is 28.8 Å². The highest BCUT2D eigenvalue weighted by atomic mass is 16.5. The van der Waals surface area contributed by atoms with E-state index >= 15 is 0 Å². The molecule has 1 aromatic rings. The van der Waals surface area contributed by atoms with E-state index in [1.807, 2.05) is 26.0 Å². The summed E-state index contributed by atoms with van der Waals surface area (Å²) in [5.74, 6) is 0.964. The molecule has 1 N–H and O–H groups in total. The van der Waals surface area contributed by atoms with Gasteiger partial charge in [0.05, 0.1) is 18.1 Å². The number of fused-ring (bicyclic) bond motifs is 1. The molecule has 1 atom stereocenters. The number of hydrogen-bond acceptors (Lipinski definition) is 3. The number of hydrogen-bond donors (Lipinski definition) is 1. The van der Waals surface area contributed by atoms with Gasteiger partial charge in [0.1, 0.15) is 5.75 Å². The normalized spacial score (nSPS) is 18.1. The van der Waals surface area contributed by atoms with Crippen LogP contribution in [-0.2, 0) is 0 Å². The van der Waals surface area contributed by atoms with Gasteiger partial charge < -0.3 is 10.1 Å². The first-order valence-corrected chi connectivity index (χ1v) is 7.13. The van der Waals surface area contributed by atoms with Gasteiger partial charge in [-0.05, 0) is 37.9 Å². The van der Waals surface area contributed by atoms with Crippen molar-refractivity contribution in [1.29, 1.82) is 0 Å². The van der Waals surface area contributed by atoms with E-state index in [-0.39, 0.29) is 11.7 Å². The Kier molecular flexibility index (Phi) is 4.59. The van der Waals surface area contributed by atoms with Crippen LogP contribution in [0.5, 0.6) is 5.75 Å². The molecule has 0 spiro atoms. The second-order valence-electron chi connectivity index (χ2n) is 5.33. The van der Waals surface area contributed by atoms with Crippen molar-refractivity contribution in [2.24, 2.45) is 5.92 Å². The van der Waals surface area contributed by atoms with Crippen LogP contribution in [0.2, 0.25) is 0 Å². The highest BCUT2D eigenvalue weighted by Gasteiger charge is 2.30. The average Bonchev–Trinajstić information content (AvgIpc) is 2.40. The van der Waals surface area contributed by atoms with Gasteiger partial charge in [0.15, 0.2) is 5.78 Å². The van der Waals surface area contributed by atoms with Crippen LogP contribution < -0.4 is 10.1 Å². The number of ether oxygens (including phenoxy) is 1. The lowest BCUT2D eigenvalue weighted by Crippen LogP contribution is -2.37. The zero-order valence-electron chi connectivity index (χ0n) is 12.1. The highest BCUT2D eigenvalue weighted by molar-refractivity contribution is 6.03. The molecule has 0 radical (unpaired) electrons. The first-order valence-electron chi connectivity index (χ1n) is 7.13. The van der Waals surface area contributed by atoms with Crippen LogP contribution in [0, 0.1) is 19.8 Å². The summed E-state index contributed by atoms with van der Waals surface area (Å²) in [6.45, 7) is 8.32. The Morgan fingerprint density at radius 2 is 2.05 bits per heavy atom. The van der Waals surface area contributed by atoms with E-state index in [9.17, 15) is 4.79 Å². The predicted molar refractivity (Wildman–Crippen MR) is 77.0 cm³/mol. The summed E-state index contributed by atoms with van der Waals surface area (Å²) in [7, 11) is 0. The largest absolute Gasteiger partial charge is 0.492 e. The summed E-state index contributed by atoms with van der Waals surface area (Å²) in [5.41, 5.74) is 2.85. The van der Waals surface area contributed by atoms with Crippen molar-refractivity contribution in [1.82, 2.24) is 5.32 Å². The van der Waals surface area contributed by atoms with Gasteiger partial charge in [-0.3, -0.25) is 4.79 Å². The number of aryl methyl sites for hydroxylation is 2. The van der Waals surface area contributed by atoms with Crippen LogP contribution in [0.1, 0.15) is 41.3 Å². The molecule has 1 aromatic carbocycles. The van der Waals surface area contributed by atoms with E-state index in [0.29, 0.717) is 13.2 Å². The maximum atomic E-state index is 12.5. The number of Topliss-reactive ketones (excluding diaryl/α,β-unsaturated/α-hetero) is 1. The molecular weight excluding hydrogens is 238 g/mol. The van der Waals surface area contributed by atoms with Crippen LogP contribution in [0.4, 0.5) is 0 Å². The summed E-state index contributed by atoms with van der Waals surface area (Å²) in [4.78, 5) is 12.5. The summed E-state index contributed by atoms with van der Waals surface area (Å²) < 4.78 is 5.81. The molecule has 0 saturated heterocycles. The molecule has 1 aliphatic rings. The summed E-state index contributed by atoms with van der Waals surface area (Å²) in [5, 5.41) is 3.35. The number of nitrogens with one attached hydrogen (secondary N) is 1. The summed E-state index contributed by atoms with van der Waals surface area (Å²) >= 11 is 0. The van der Waals surface area contributed by atoms with Gasteiger partial charge in [0.25, 0.3) is 0 Å². The Morgan fingerprint density at radius 1 is 1.32 bits per heavy atom. The maximum absolute atomic E-state index is 12.5. The van der Waals surface area contributed by atoms with Gasteiger partial charge in [-0.15, -0.1) is 0 Å². The van der Waals surface area contributed by atoms with Crippen molar-refractivity contribution >= 4 is 5.78 Å². The van der Waals surface area contributed by atoms with Crippen LogP contribution in [0.15, 0.2) is 12.1 Å². The van der Waals surface area contributed by atoms with Crippen molar-refractivity contribution in [3.8, 4) is 5.75 Å². The Labute approximate surface area is 115 Å². The third kappa shape index (κ3) is 2.98. The molecular formula is C16H23NO2. The van der Waals surface area contributed by atoms with Gasteiger partial charge in [-0.25, -0.2) is 0 Å². The van der Waals surface area contributed by atoms with Crippen LogP contribution >= 0.6 is 0 Å². The zero-order valence-corrected chi connectivity index (χ0v) is 12.1. The Morgan fingerprint density at radius 3 is 2.79 bits per heavy atom. The standard InChI is InChI=1S/C16H23NO2/c1-4-5-8-17-9-13-10-19-16-12(3)7-6-11(2)14(16)15(13)18/h6-7,13,17H,4-5,8-10H2,1-3H3/t13-/m0/s1. The fourth-order valence-corrected chi connectivity index (χ4v) is 2.47. The number of ketones is 1. The van der Waals surface area contributed by atoms with E-state index in [0.717, 1.165) is 35.4 Å². The third-order valence-corrected chi connectivity index (χ3v) is 3.71. The van der Waals surface area contributed by atoms with Crippen molar-refractivity contribution < 1.29 is 9.53 Å². The number of carbonyl (C=O) groups is 1. The quantitative estimate of drug-likeness (QED) is 0.828. The fraction of sp³-hybridized carbons (Fsp3) is 0.562. The molecule has 19 heavy (non-hydrogen) atoms. The third-order valence-electron chi connectivity index (χ3n) is 3.71. The minimum atomic E-state index is -0.0511. The maximum Gasteiger partial charge on any atom is 0.174 e. The topological polar surface area (TPSA) is 38.3 Å².